The van der Waals surface area contributed by atoms with Gasteiger partial charge < -0.3 is 5.32 Å². The fourth-order valence-corrected chi connectivity index (χ4v) is 2.82. The summed E-state index contributed by atoms with van der Waals surface area (Å²) in [4.78, 5) is 9.31. The molecule has 2 aromatic heterocycles. The van der Waals surface area contributed by atoms with Crippen molar-refractivity contribution in [3.8, 4) is 11.4 Å². The Bertz CT molecular complexity index is 1060. The maximum Gasteiger partial charge on any atom is 0.162 e. The molecule has 0 spiro atoms. The van der Waals surface area contributed by atoms with Gasteiger partial charge in [0.15, 0.2) is 11.6 Å². The summed E-state index contributed by atoms with van der Waals surface area (Å²) >= 11 is 12.1. The van der Waals surface area contributed by atoms with Crippen molar-refractivity contribution in [1.29, 1.82) is 0 Å². The minimum Gasteiger partial charge on any atom is -0.323 e. The van der Waals surface area contributed by atoms with Crippen LogP contribution in [0.1, 0.15) is 5.69 Å². The van der Waals surface area contributed by atoms with Crippen LogP contribution >= 0.6 is 23.2 Å². The van der Waals surface area contributed by atoms with Crippen LogP contribution in [0.2, 0.25) is 10.0 Å². The molecule has 7 heteroatoms. The summed E-state index contributed by atoms with van der Waals surface area (Å²) in [5.41, 5.74) is 2.58. The standard InChI is InChI=1S/C18H13Cl2N5/c1-10-8-16(25-24-10)22-18-14-7-6-13(20)9-15(14)21-17(23-18)11-2-4-12(19)5-3-11/h2-9H,1H3,(H2,21,22,23,24,25). The van der Waals surface area contributed by atoms with Crippen molar-refractivity contribution in [3.63, 3.8) is 0 Å². The number of nitrogens with zero attached hydrogens (tertiary/aromatic N) is 3. The Morgan fingerprint density at radius 1 is 0.920 bits per heavy atom. The Hall–Kier alpha value is -2.63. The first-order chi connectivity index (χ1) is 12.1. The summed E-state index contributed by atoms with van der Waals surface area (Å²) < 4.78 is 0. The summed E-state index contributed by atoms with van der Waals surface area (Å²) in [5, 5.41) is 12.5. The van der Waals surface area contributed by atoms with Gasteiger partial charge in [-0.15, -0.1) is 0 Å². The molecular weight excluding hydrogens is 357 g/mol. The van der Waals surface area contributed by atoms with E-state index in [1.54, 1.807) is 0 Å². The maximum atomic E-state index is 6.14. The van der Waals surface area contributed by atoms with E-state index in [2.05, 4.69) is 25.5 Å². The third-order valence-corrected chi connectivity index (χ3v) is 4.20. The number of rotatable bonds is 3. The molecule has 0 amide bonds. The second-order valence-electron chi connectivity index (χ2n) is 5.63. The van der Waals surface area contributed by atoms with Gasteiger partial charge in [0, 0.05) is 32.8 Å². The fourth-order valence-electron chi connectivity index (χ4n) is 2.53. The molecule has 0 aliphatic carbocycles. The lowest BCUT2D eigenvalue weighted by atomic mass is 10.2. The number of aromatic nitrogens is 4. The Kier molecular flexibility index (Phi) is 4.03. The molecule has 25 heavy (non-hydrogen) atoms. The molecule has 0 aliphatic rings. The van der Waals surface area contributed by atoms with Crippen LogP contribution in [0.25, 0.3) is 22.3 Å². The lowest BCUT2D eigenvalue weighted by Crippen LogP contribution is -1.99. The van der Waals surface area contributed by atoms with Crippen LogP contribution in [0.3, 0.4) is 0 Å². The van der Waals surface area contributed by atoms with E-state index < -0.39 is 0 Å². The van der Waals surface area contributed by atoms with Gasteiger partial charge in [0.1, 0.15) is 5.82 Å². The monoisotopic (exact) mass is 369 g/mol. The normalized spacial score (nSPS) is 11.0. The number of hydrogen-bond donors (Lipinski definition) is 2. The number of H-pyrrole nitrogens is 1. The minimum atomic E-state index is 0.584. The lowest BCUT2D eigenvalue weighted by molar-refractivity contribution is 1.05. The van der Waals surface area contributed by atoms with E-state index in [1.807, 2.05) is 55.5 Å². The zero-order chi connectivity index (χ0) is 17.4. The molecule has 0 atom stereocenters. The highest BCUT2D eigenvalue weighted by Crippen LogP contribution is 2.29. The number of benzene rings is 2. The summed E-state index contributed by atoms with van der Waals surface area (Å²) in [6, 6.07) is 14.8. The van der Waals surface area contributed by atoms with E-state index in [1.165, 1.54) is 0 Å². The van der Waals surface area contributed by atoms with Crippen molar-refractivity contribution >= 4 is 45.7 Å². The average molecular weight is 370 g/mol. The SMILES string of the molecule is Cc1cc(Nc2nc(-c3ccc(Cl)cc3)nc3cc(Cl)ccc23)n[nH]1. The van der Waals surface area contributed by atoms with E-state index in [9.17, 15) is 0 Å². The zero-order valence-corrected chi connectivity index (χ0v) is 14.7. The molecular formula is C18H13Cl2N5. The maximum absolute atomic E-state index is 6.14. The van der Waals surface area contributed by atoms with Crippen LogP contribution in [0.5, 0.6) is 0 Å². The third kappa shape index (κ3) is 3.29. The van der Waals surface area contributed by atoms with Crippen LogP contribution in [-0.4, -0.2) is 20.2 Å². The van der Waals surface area contributed by atoms with Crippen molar-refractivity contribution in [2.24, 2.45) is 0 Å². The number of anilines is 2. The predicted octanol–water partition coefficient (Wildman–Crippen LogP) is 5.38. The molecule has 2 heterocycles. The number of hydrogen-bond acceptors (Lipinski definition) is 4. The first-order valence-corrected chi connectivity index (χ1v) is 8.36. The Balaban J connectivity index is 1.88. The lowest BCUT2D eigenvalue weighted by Gasteiger charge is -2.10. The number of nitrogens with one attached hydrogen (secondary N) is 2. The van der Waals surface area contributed by atoms with E-state index in [4.69, 9.17) is 23.2 Å². The Labute approximate surface area is 154 Å². The largest absolute Gasteiger partial charge is 0.323 e. The Morgan fingerprint density at radius 3 is 2.40 bits per heavy atom. The molecule has 0 fully saturated rings. The van der Waals surface area contributed by atoms with E-state index in [-0.39, 0.29) is 0 Å². The smallest absolute Gasteiger partial charge is 0.162 e. The van der Waals surface area contributed by atoms with Crippen molar-refractivity contribution < 1.29 is 0 Å². The van der Waals surface area contributed by atoms with Crippen molar-refractivity contribution in [1.82, 2.24) is 20.2 Å². The minimum absolute atomic E-state index is 0.584. The zero-order valence-electron chi connectivity index (χ0n) is 13.2. The summed E-state index contributed by atoms with van der Waals surface area (Å²) in [7, 11) is 0. The first kappa shape index (κ1) is 15.9. The van der Waals surface area contributed by atoms with Gasteiger partial charge in [-0.05, 0) is 49.4 Å². The molecule has 0 saturated heterocycles. The van der Waals surface area contributed by atoms with Crippen molar-refractivity contribution in [2.75, 3.05) is 5.32 Å². The summed E-state index contributed by atoms with van der Waals surface area (Å²) in [5.74, 6) is 1.94. The van der Waals surface area contributed by atoms with Gasteiger partial charge in [0.25, 0.3) is 0 Å². The predicted molar refractivity (Wildman–Crippen MR) is 102 cm³/mol. The molecule has 5 nitrogen and oxygen atoms in total. The summed E-state index contributed by atoms with van der Waals surface area (Å²) in [6.45, 7) is 1.94. The van der Waals surface area contributed by atoms with Gasteiger partial charge in [-0.3, -0.25) is 5.10 Å². The summed E-state index contributed by atoms with van der Waals surface area (Å²) in [6.07, 6.45) is 0. The first-order valence-electron chi connectivity index (χ1n) is 7.61. The number of halogens is 2. The second-order valence-corrected chi connectivity index (χ2v) is 6.50. The molecule has 0 aliphatic heterocycles. The quantitative estimate of drug-likeness (QED) is 0.508. The molecule has 2 aromatic carbocycles. The average Bonchev–Trinajstić information content (AvgIpc) is 3.00. The van der Waals surface area contributed by atoms with E-state index >= 15 is 0 Å². The molecule has 0 saturated carbocycles. The fraction of sp³-hybridized carbons (Fsp3) is 0.0556. The van der Waals surface area contributed by atoms with Crippen molar-refractivity contribution in [2.45, 2.75) is 6.92 Å². The van der Waals surface area contributed by atoms with Crippen LogP contribution in [0.4, 0.5) is 11.6 Å². The van der Waals surface area contributed by atoms with Crippen LogP contribution in [0, 0.1) is 6.92 Å². The van der Waals surface area contributed by atoms with E-state index in [0.717, 1.165) is 22.2 Å². The van der Waals surface area contributed by atoms with Crippen molar-refractivity contribution in [3.05, 3.63) is 64.3 Å². The molecule has 0 bridgehead atoms. The molecule has 0 radical (unpaired) electrons. The van der Waals surface area contributed by atoms with Crippen LogP contribution in [-0.2, 0) is 0 Å². The highest BCUT2D eigenvalue weighted by atomic mass is 35.5. The van der Waals surface area contributed by atoms with Gasteiger partial charge in [-0.1, -0.05) is 23.2 Å². The number of aryl methyl sites for hydroxylation is 1. The molecule has 4 aromatic rings. The van der Waals surface area contributed by atoms with Gasteiger partial charge in [-0.25, -0.2) is 9.97 Å². The van der Waals surface area contributed by atoms with Gasteiger partial charge in [-0.2, -0.15) is 5.10 Å². The molecule has 0 unspecified atom stereocenters. The second kappa shape index (κ2) is 6.35. The van der Waals surface area contributed by atoms with Gasteiger partial charge >= 0.3 is 0 Å². The highest BCUT2D eigenvalue weighted by molar-refractivity contribution is 6.31. The molecule has 124 valence electrons. The number of aromatic amines is 1. The third-order valence-electron chi connectivity index (χ3n) is 3.71. The topological polar surface area (TPSA) is 66.5 Å². The molecule has 4 rings (SSSR count). The molecule has 2 N–H and O–H groups in total. The highest BCUT2D eigenvalue weighted by Gasteiger charge is 2.11. The Morgan fingerprint density at radius 2 is 1.68 bits per heavy atom. The van der Waals surface area contributed by atoms with E-state index in [0.29, 0.717) is 27.5 Å². The van der Waals surface area contributed by atoms with Gasteiger partial charge in [0.2, 0.25) is 0 Å². The number of fused-ring (bicyclic) bond motifs is 1. The van der Waals surface area contributed by atoms with Gasteiger partial charge in [0.05, 0.1) is 5.52 Å². The van der Waals surface area contributed by atoms with Crippen LogP contribution < -0.4 is 5.32 Å². The van der Waals surface area contributed by atoms with Crippen LogP contribution in [0.15, 0.2) is 48.5 Å².